The van der Waals surface area contributed by atoms with E-state index < -0.39 is 0 Å². The van der Waals surface area contributed by atoms with Gasteiger partial charge in [-0.2, -0.15) is 0 Å². The topological polar surface area (TPSA) is 24.1 Å². The molecular formula is C22H38N2S. The molecule has 0 bridgehead atoms. The van der Waals surface area contributed by atoms with Crippen LogP contribution in [0.2, 0.25) is 0 Å². The molecule has 3 rings (SSSR count). The van der Waals surface area contributed by atoms with Crippen LogP contribution in [0.4, 0.5) is 0 Å². The first-order valence-corrected chi connectivity index (χ1v) is 10.8. The Morgan fingerprint density at radius 1 is 0.880 bits per heavy atom. The second kappa shape index (κ2) is 16.4. The van der Waals surface area contributed by atoms with Crippen LogP contribution in [-0.4, -0.2) is 19.6 Å². The zero-order valence-electron chi connectivity index (χ0n) is 17.1. The van der Waals surface area contributed by atoms with Gasteiger partial charge in [-0.25, -0.2) is 0 Å². The third kappa shape index (κ3) is 8.75. The monoisotopic (exact) mass is 362 g/mol. The van der Waals surface area contributed by atoms with Crippen LogP contribution in [0.1, 0.15) is 54.4 Å². The summed E-state index contributed by atoms with van der Waals surface area (Å²) in [5.74, 6) is 0.823. The zero-order chi connectivity index (χ0) is 18.9. The minimum atomic E-state index is 0.823. The largest absolute Gasteiger partial charge is 0.317 e. The lowest BCUT2D eigenvalue weighted by molar-refractivity contribution is 0.376. The van der Waals surface area contributed by atoms with Gasteiger partial charge >= 0.3 is 0 Å². The quantitative estimate of drug-likeness (QED) is 0.606. The zero-order valence-corrected chi connectivity index (χ0v) is 17.9. The van der Waals surface area contributed by atoms with Crippen LogP contribution >= 0.6 is 11.9 Å². The Morgan fingerprint density at radius 3 is 2.16 bits per heavy atom. The molecule has 0 aromatic heterocycles. The summed E-state index contributed by atoms with van der Waals surface area (Å²) in [5.41, 5.74) is 0. The van der Waals surface area contributed by atoms with Crippen molar-refractivity contribution in [3.8, 4) is 0 Å². The van der Waals surface area contributed by atoms with Crippen molar-refractivity contribution >= 4 is 22.7 Å². The predicted molar refractivity (Wildman–Crippen MR) is 117 cm³/mol. The lowest BCUT2D eigenvalue weighted by Crippen LogP contribution is -2.31. The average molecular weight is 363 g/mol. The lowest BCUT2D eigenvalue weighted by Gasteiger charge is -2.22. The van der Waals surface area contributed by atoms with Gasteiger partial charge in [0.2, 0.25) is 0 Å². The van der Waals surface area contributed by atoms with Gasteiger partial charge in [-0.05, 0) is 60.6 Å². The fraction of sp³-hybridized carbons (Fsp3) is 0.545. The van der Waals surface area contributed by atoms with Gasteiger partial charge < -0.3 is 5.32 Å². The smallest absolute Gasteiger partial charge is 0.0306 e. The summed E-state index contributed by atoms with van der Waals surface area (Å²) in [4.78, 5) is 1.33. The van der Waals surface area contributed by atoms with Crippen LogP contribution in [0.5, 0.6) is 0 Å². The van der Waals surface area contributed by atoms with Gasteiger partial charge in [0.25, 0.3) is 0 Å². The van der Waals surface area contributed by atoms with E-state index in [1.807, 2.05) is 41.5 Å². The van der Waals surface area contributed by atoms with E-state index in [9.17, 15) is 0 Å². The van der Waals surface area contributed by atoms with Crippen molar-refractivity contribution in [3.63, 3.8) is 0 Å². The summed E-state index contributed by atoms with van der Waals surface area (Å²) in [6.45, 7) is 15.5. The Kier molecular flexibility index (Phi) is 15.8. The summed E-state index contributed by atoms with van der Waals surface area (Å²) in [5, 5.41) is 6.07. The Labute approximate surface area is 160 Å². The fourth-order valence-electron chi connectivity index (χ4n) is 2.61. The summed E-state index contributed by atoms with van der Waals surface area (Å²) < 4.78 is 3.55. The maximum Gasteiger partial charge on any atom is 0.0306 e. The Balaban J connectivity index is 0.000000871. The van der Waals surface area contributed by atoms with Gasteiger partial charge in [-0.15, -0.1) is 0 Å². The van der Waals surface area contributed by atoms with E-state index in [1.165, 1.54) is 41.6 Å². The maximum absolute atomic E-state index is 3.55. The van der Waals surface area contributed by atoms with E-state index in [1.54, 1.807) is 11.9 Å². The molecule has 1 aliphatic heterocycles. The maximum atomic E-state index is 3.55. The molecule has 1 fully saturated rings. The second-order valence-corrected chi connectivity index (χ2v) is 6.05. The molecule has 2 N–H and O–H groups in total. The molecule has 0 unspecified atom stereocenters. The summed E-state index contributed by atoms with van der Waals surface area (Å²) in [6, 6.07) is 15.1. The van der Waals surface area contributed by atoms with E-state index in [-0.39, 0.29) is 0 Å². The van der Waals surface area contributed by atoms with Crippen LogP contribution in [0, 0.1) is 5.92 Å². The molecule has 3 heteroatoms. The van der Waals surface area contributed by atoms with Gasteiger partial charge in [0, 0.05) is 11.4 Å². The standard InChI is InChI=1S/C16H20N2S.3C2H6/c1-2-6-15-14(4-1)5-3-7-16(15)19-18-12-13-8-10-17-11-9-13;3*1-2/h1-7,13,17-18H,8-12H2;3*1-2H3. The molecule has 1 aliphatic rings. The van der Waals surface area contributed by atoms with Crippen molar-refractivity contribution in [1.82, 2.24) is 10.0 Å². The first-order valence-electron chi connectivity index (χ1n) is 10.0. The molecule has 142 valence electrons. The van der Waals surface area contributed by atoms with E-state index >= 15 is 0 Å². The van der Waals surface area contributed by atoms with Crippen LogP contribution < -0.4 is 10.0 Å². The number of rotatable bonds is 4. The number of hydrogen-bond acceptors (Lipinski definition) is 3. The molecule has 2 aromatic carbocycles. The molecule has 1 saturated heterocycles. The van der Waals surface area contributed by atoms with Crippen molar-refractivity contribution in [3.05, 3.63) is 42.5 Å². The SMILES string of the molecule is CC.CC.CC.c1ccc2c(SNCC3CCNCC3)cccc2c1. The van der Waals surface area contributed by atoms with E-state index in [2.05, 4.69) is 52.5 Å². The van der Waals surface area contributed by atoms with Crippen LogP contribution in [0.3, 0.4) is 0 Å². The molecule has 1 heterocycles. The number of piperidine rings is 1. The van der Waals surface area contributed by atoms with Gasteiger partial charge in [-0.1, -0.05) is 77.9 Å². The average Bonchev–Trinajstić information content (AvgIpc) is 2.73. The summed E-state index contributed by atoms with van der Waals surface area (Å²) in [7, 11) is 0. The second-order valence-electron chi connectivity index (χ2n) is 5.12. The van der Waals surface area contributed by atoms with Crippen molar-refractivity contribution in [2.45, 2.75) is 59.3 Å². The van der Waals surface area contributed by atoms with Gasteiger partial charge in [-0.3, -0.25) is 4.72 Å². The first-order chi connectivity index (χ1) is 12.4. The molecule has 2 nitrogen and oxygen atoms in total. The third-order valence-corrected chi connectivity index (χ3v) is 4.65. The first kappa shape index (κ1) is 24.0. The highest BCUT2D eigenvalue weighted by molar-refractivity contribution is 7.97. The highest BCUT2D eigenvalue weighted by Gasteiger charge is 2.12. The summed E-state index contributed by atoms with van der Waals surface area (Å²) >= 11 is 1.77. The van der Waals surface area contributed by atoms with Crippen molar-refractivity contribution in [2.75, 3.05) is 19.6 Å². The number of nitrogens with one attached hydrogen (secondary N) is 2. The number of hydrogen-bond donors (Lipinski definition) is 2. The van der Waals surface area contributed by atoms with Gasteiger partial charge in [0.05, 0.1) is 0 Å². The molecule has 0 aliphatic carbocycles. The minimum absolute atomic E-state index is 0.823. The molecule has 0 saturated carbocycles. The third-order valence-electron chi connectivity index (χ3n) is 3.76. The molecule has 0 atom stereocenters. The molecule has 0 amide bonds. The fourth-order valence-corrected chi connectivity index (χ4v) is 3.52. The molecule has 0 spiro atoms. The molecule has 2 aromatic rings. The van der Waals surface area contributed by atoms with Crippen LogP contribution in [0.15, 0.2) is 47.4 Å². The van der Waals surface area contributed by atoms with E-state index in [0.717, 1.165) is 12.5 Å². The van der Waals surface area contributed by atoms with E-state index in [0.29, 0.717) is 0 Å². The highest BCUT2D eigenvalue weighted by atomic mass is 32.2. The molecule has 25 heavy (non-hydrogen) atoms. The van der Waals surface area contributed by atoms with Crippen molar-refractivity contribution in [1.29, 1.82) is 0 Å². The Hall–Kier alpha value is -1.03. The highest BCUT2D eigenvalue weighted by Crippen LogP contribution is 2.26. The predicted octanol–water partition coefficient (Wildman–Crippen LogP) is 6.51. The Morgan fingerprint density at radius 2 is 1.48 bits per heavy atom. The number of benzene rings is 2. The van der Waals surface area contributed by atoms with Crippen molar-refractivity contribution in [2.24, 2.45) is 5.92 Å². The molecule has 0 radical (unpaired) electrons. The Bertz CT molecular complexity index is 531. The van der Waals surface area contributed by atoms with Gasteiger partial charge in [0.1, 0.15) is 0 Å². The van der Waals surface area contributed by atoms with Crippen LogP contribution in [-0.2, 0) is 0 Å². The van der Waals surface area contributed by atoms with E-state index in [4.69, 9.17) is 0 Å². The van der Waals surface area contributed by atoms with Gasteiger partial charge in [0.15, 0.2) is 0 Å². The minimum Gasteiger partial charge on any atom is -0.317 e. The van der Waals surface area contributed by atoms with Crippen LogP contribution in [0.25, 0.3) is 10.8 Å². The lowest BCUT2D eigenvalue weighted by atomic mass is 9.99. The summed E-state index contributed by atoms with van der Waals surface area (Å²) in [6.07, 6.45) is 2.59. The van der Waals surface area contributed by atoms with Crippen molar-refractivity contribution < 1.29 is 0 Å². The number of fused-ring (bicyclic) bond motifs is 1. The molecular weight excluding hydrogens is 324 g/mol. The normalized spacial score (nSPS) is 13.5.